The second-order valence-corrected chi connectivity index (χ2v) is 16.6. The van der Waals surface area contributed by atoms with Crippen LogP contribution in [-0.4, -0.2) is 3.26 Å². The maximum absolute atomic E-state index is 2.59. The van der Waals surface area contributed by atoms with E-state index in [1.165, 1.54) is 38.5 Å². The third-order valence-electron chi connectivity index (χ3n) is 5.44. The molecule has 0 aromatic heterocycles. The van der Waals surface area contributed by atoms with Crippen molar-refractivity contribution in [2.24, 2.45) is 5.92 Å². The van der Waals surface area contributed by atoms with Crippen molar-refractivity contribution < 1.29 is 45.8 Å². The van der Waals surface area contributed by atoms with Crippen molar-refractivity contribution in [3.63, 3.8) is 0 Å². The second kappa shape index (κ2) is 9.11. The fourth-order valence-corrected chi connectivity index (χ4v) is 18.0. The summed E-state index contributed by atoms with van der Waals surface area (Å²) in [4.78, 5) is 0. The van der Waals surface area contributed by atoms with Crippen molar-refractivity contribution in [3.8, 4) is 0 Å². The van der Waals surface area contributed by atoms with Gasteiger partial charge in [0, 0.05) is 0 Å². The Morgan fingerprint density at radius 1 is 0.957 bits per heavy atom. The average molecular weight is 518 g/mol. The Kier molecular flexibility index (Phi) is 8.45. The van der Waals surface area contributed by atoms with E-state index < -0.39 is 21.0 Å². The van der Waals surface area contributed by atoms with Crippen LogP contribution in [0.2, 0.25) is 0 Å². The quantitative estimate of drug-likeness (QED) is 0.447. The molecule has 0 spiro atoms. The molecule has 126 valence electrons. The summed E-state index contributed by atoms with van der Waals surface area (Å²) in [5.41, 5.74) is 4.80. The van der Waals surface area contributed by atoms with Gasteiger partial charge in [-0.15, -0.1) is 0 Å². The van der Waals surface area contributed by atoms with E-state index in [0.717, 1.165) is 0 Å². The molecule has 0 bridgehead atoms. The number of allylic oxidation sites excluding steroid dienone is 8. The fourth-order valence-electron chi connectivity index (χ4n) is 4.10. The number of rotatable bonds is 2. The Bertz CT molecular complexity index is 610. The second-order valence-electron chi connectivity index (χ2n) is 7.09. The van der Waals surface area contributed by atoms with E-state index >= 15 is 0 Å². The zero-order valence-electron chi connectivity index (χ0n) is 14.8. The molecule has 0 amide bonds. The molecule has 1 atom stereocenters. The summed E-state index contributed by atoms with van der Waals surface area (Å²) in [5, 5.41) is 0. The van der Waals surface area contributed by atoms with Gasteiger partial charge in [0.25, 0.3) is 0 Å². The Labute approximate surface area is 162 Å². The van der Waals surface area contributed by atoms with Crippen LogP contribution in [0.3, 0.4) is 0 Å². The molecule has 0 saturated heterocycles. The van der Waals surface area contributed by atoms with Crippen LogP contribution >= 0.6 is 0 Å². The van der Waals surface area contributed by atoms with E-state index in [9.17, 15) is 0 Å². The molecule has 1 saturated carbocycles. The summed E-state index contributed by atoms with van der Waals surface area (Å²) >= 11 is -1.96. The van der Waals surface area contributed by atoms with Gasteiger partial charge >= 0.3 is 138 Å². The van der Waals surface area contributed by atoms with Crippen molar-refractivity contribution in [2.75, 3.05) is 0 Å². The Balaban J connectivity index is 0.00000132. The maximum Gasteiger partial charge on any atom is -1.00 e. The van der Waals surface area contributed by atoms with Crippen molar-refractivity contribution >= 4 is 3.26 Å². The largest absolute Gasteiger partial charge is 1.00 e. The molecule has 3 rings (SSSR count). The van der Waals surface area contributed by atoms with Crippen LogP contribution in [0.5, 0.6) is 0 Å². The summed E-state index contributed by atoms with van der Waals surface area (Å²) in [6, 6.07) is 0. The summed E-state index contributed by atoms with van der Waals surface area (Å²) in [5.74, 6) is 0.712. The average Bonchev–Trinajstić information content (AvgIpc) is 2.97. The van der Waals surface area contributed by atoms with Crippen molar-refractivity contribution in [3.05, 3.63) is 41.6 Å². The first kappa shape index (κ1) is 21.3. The monoisotopic (exact) mass is 518 g/mol. The van der Waals surface area contributed by atoms with Gasteiger partial charge in [-0.1, -0.05) is 0 Å². The maximum atomic E-state index is 2.59. The van der Waals surface area contributed by atoms with Crippen LogP contribution < -0.4 is 24.8 Å². The molecule has 0 aromatic rings. The van der Waals surface area contributed by atoms with Gasteiger partial charge < -0.3 is 24.8 Å². The van der Waals surface area contributed by atoms with Crippen LogP contribution in [0.15, 0.2) is 41.6 Å². The van der Waals surface area contributed by atoms with Crippen LogP contribution in [0.4, 0.5) is 0 Å². The molecule has 3 aliphatic rings. The molecule has 0 nitrogen and oxygen atoms in total. The van der Waals surface area contributed by atoms with Crippen molar-refractivity contribution in [1.82, 2.24) is 0 Å². The molecule has 0 aromatic carbocycles. The number of hydrogen-bond acceptors (Lipinski definition) is 0. The van der Waals surface area contributed by atoms with Crippen LogP contribution in [0.1, 0.15) is 66.2 Å². The van der Waals surface area contributed by atoms with Crippen molar-refractivity contribution in [2.45, 2.75) is 66.2 Å². The Morgan fingerprint density at radius 3 is 2.09 bits per heavy atom. The van der Waals surface area contributed by atoms with Crippen LogP contribution in [0, 0.1) is 5.92 Å². The fraction of sp³-hybridized carbons (Fsp3) is 0.550. The Morgan fingerprint density at radius 2 is 1.61 bits per heavy atom. The van der Waals surface area contributed by atoms with Gasteiger partial charge in [0.15, 0.2) is 0 Å². The molecule has 0 N–H and O–H groups in total. The molecule has 0 heterocycles. The van der Waals surface area contributed by atoms with Gasteiger partial charge in [0.2, 0.25) is 0 Å². The first-order chi connectivity index (χ1) is 10.1. The van der Waals surface area contributed by atoms with E-state index in [1.807, 2.05) is 9.91 Å². The zero-order chi connectivity index (χ0) is 15.0. The van der Waals surface area contributed by atoms with E-state index in [2.05, 4.69) is 45.9 Å². The minimum absolute atomic E-state index is 0. The molecule has 1 fully saturated rings. The molecule has 23 heavy (non-hydrogen) atoms. The normalized spacial score (nSPS) is 23.3. The third kappa shape index (κ3) is 4.47. The van der Waals surface area contributed by atoms with Gasteiger partial charge in [0.05, 0.1) is 0 Å². The summed E-state index contributed by atoms with van der Waals surface area (Å²) in [6.07, 6.45) is 16.0. The van der Waals surface area contributed by atoms with E-state index in [0.29, 0.717) is 5.92 Å². The smallest absolute Gasteiger partial charge is 1.00 e. The molecule has 1 unspecified atom stereocenters. The van der Waals surface area contributed by atoms with E-state index in [1.54, 1.807) is 16.7 Å². The molecule has 0 aliphatic heterocycles. The SMILES string of the molecule is CC1=C(C)C[C]([Hf+2]([C]2=C(C)C=CC2C)=[C]2CCCCC2)=C1.[Cl-].[Cl-]. The van der Waals surface area contributed by atoms with Gasteiger partial charge in [0.1, 0.15) is 0 Å². The van der Waals surface area contributed by atoms with Gasteiger partial charge in [-0.2, -0.15) is 0 Å². The van der Waals surface area contributed by atoms with E-state index in [4.69, 9.17) is 0 Å². The first-order valence-corrected chi connectivity index (χ1v) is 14.0. The minimum atomic E-state index is -1.96. The summed E-state index contributed by atoms with van der Waals surface area (Å²) in [6.45, 7) is 9.45. The van der Waals surface area contributed by atoms with E-state index in [-0.39, 0.29) is 24.8 Å². The number of hydrogen-bond donors (Lipinski definition) is 0. The predicted octanol–water partition coefficient (Wildman–Crippen LogP) is -0.147. The molecule has 3 aliphatic carbocycles. The van der Waals surface area contributed by atoms with Gasteiger partial charge in [-0.05, 0) is 0 Å². The molecular weight excluding hydrogens is 490 g/mol. The molecule has 3 heteroatoms. The molecular formula is C20H28Cl2Hf. The standard InChI is InChI=1S/2C7H9.C6H10.2ClH.Hf/c1-6-3-4-7(2)5-6;1-6-4-3-5-7(6)2;1-2-4-6-5-3-1;;;/h3-4,6H,1-2H3;4H,5H2,1-2H3;1-5H2;2*1H;/q;;;;;+2/p-2. The van der Waals surface area contributed by atoms with Crippen molar-refractivity contribution in [1.29, 1.82) is 0 Å². The zero-order valence-corrected chi connectivity index (χ0v) is 19.9. The van der Waals surface area contributed by atoms with Gasteiger partial charge in [-0.3, -0.25) is 0 Å². The van der Waals surface area contributed by atoms with Crippen LogP contribution in [-0.2, 0) is 21.0 Å². The predicted molar refractivity (Wildman–Crippen MR) is 90.2 cm³/mol. The minimum Gasteiger partial charge on any atom is -1.00 e. The Hall–Kier alpha value is 0.280. The molecule has 0 radical (unpaired) electrons. The third-order valence-corrected chi connectivity index (χ3v) is 18.2. The number of halogens is 2. The summed E-state index contributed by atoms with van der Waals surface area (Å²) < 4.78 is 5.83. The topological polar surface area (TPSA) is 0 Å². The first-order valence-electron chi connectivity index (χ1n) is 8.56. The van der Waals surface area contributed by atoms with Crippen LogP contribution in [0.25, 0.3) is 0 Å². The summed E-state index contributed by atoms with van der Waals surface area (Å²) in [7, 11) is 0. The van der Waals surface area contributed by atoms with Gasteiger partial charge in [-0.25, -0.2) is 0 Å².